The van der Waals surface area contributed by atoms with Crippen LogP contribution in [-0.4, -0.2) is 40.6 Å². The summed E-state index contributed by atoms with van der Waals surface area (Å²) in [6.07, 6.45) is 0. The maximum Gasteiger partial charge on any atom is 0.528 e. The molecule has 0 aromatic rings. The Morgan fingerprint density at radius 1 is 1.11 bits per heavy atom. The minimum Gasteiger partial charge on any atom is -0.480 e. The summed E-state index contributed by atoms with van der Waals surface area (Å²) >= 11 is 0. The molecule has 1 N–H and O–H groups in total. The first-order valence-corrected chi connectivity index (χ1v) is 7.08. The van der Waals surface area contributed by atoms with Crippen molar-refractivity contribution in [2.24, 2.45) is 5.41 Å². The summed E-state index contributed by atoms with van der Waals surface area (Å²) in [6, 6.07) is 0. The van der Waals surface area contributed by atoms with Crippen molar-refractivity contribution in [3.05, 3.63) is 0 Å². The standard InChI is InChI=1S/C11H18O6S/c1-5-18(6-2)10(15)17-7-16-9(14)11(3,4)8(12)13/h5-7H2,1-4H3/p+1. The van der Waals surface area contributed by atoms with E-state index in [1.807, 2.05) is 13.8 Å². The second-order valence-electron chi connectivity index (χ2n) is 3.94. The molecule has 0 heterocycles. The van der Waals surface area contributed by atoms with Crippen LogP contribution in [0.25, 0.3) is 0 Å². The van der Waals surface area contributed by atoms with Gasteiger partial charge in [-0.15, -0.1) is 0 Å². The van der Waals surface area contributed by atoms with Gasteiger partial charge in [-0.2, -0.15) is 4.79 Å². The number of carbonyl (C=O) groups excluding carboxylic acids is 2. The van der Waals surface area contributed by atoms with E-state index < -0.39 is 40.3 Å². The summed E-state index contributed by atoms with van der Waals surface area (Å²) in [5.41, 5.74) is -1.65. The third kappa shape index (κ3) is 4.56. The van der Waals surface area contributed by atoms with Crippen LogP contribution in [0.15, 0.2) is 0 Å². The monoisotopic (exact) mass is 279 g/mol. The molecule has 0 spiro atoms. The Kier molecular flexibility index (Phi) is 6.75. The van der Waals surface area contributed by atoms with E-state index in [9.17, 15) is 14.4 Å². The zero-order valence-electron chi connectivity index (χ0n) is 11.0. The number of carbonyl (C=O) groups is 3. The smallest absolute Gasteiger partial charge is 0.480 e. The lowest BCUT2D eigenvalue weighted by Crippen LogP contribution is -2.35. The number of esters is 1. The van der Waals surface area contributed by atoms with E-state index in [1.54, 1.807) is 0 Å². The lowest BCUT2D eigenvalue weighted by molar-refractivity contribution is -0.171. The van der Waals surface area contributed by atoms with Gasteiger partial charge >= 0.3 is 17.2 Å². The van der Waals surface area contributed by atoms with Crippen molar-refractivity contribution in [1.29, 1.82) is 0 Å². The van der Waals surface area contributed by atoms with Crippen LogP contribution in [-0.2, 0) is 30.0 Å². The first-order valence-electron chi connectivity index (χ1n) is 5.52. The van der Waals surface area contributed by atoms with Gasteiger partial charge in [-0.3, -0.25) is 9.59 Å². The summed E-state index contributed by atoms with van der Waals surface area (Å²) in [6.45, 7) is 5.64. The van der Waals surface area contributed by atoms with Crippen LogP contribution in [0.2, 0.25) is 0 Å². The molecule has 0 saturated carbocycles. The fourth-order valence-corrected chi connectivity index (χ4v) is 2.02. The second-order valence-corrected chi connectivity index (χ2v) is 6.42. The highest BCUT2D eigenvalue weighted by Crippen LogP contribution is 2.17. The van der Waals surface area contributed by atoms with Crippen LogP contribution in [0.1, 0.15) is 27.7 Å². The highest BCUT2D eigenvalue weighted by atomic mass is 32.2. The van der Waals surface area contributed by atoms with Crippen LogP contribution in [0.3, 0.4) is 0 Å². The van der Waals surface area contributed by atoms with Crippen LogP contribution in [0.4, 0.5) is 4.79 Å². The van der Waals surface area contributed by atoms with E-state index in [-0.39, 0.29) is 0 Å². The summed E-state index contributed by atoms with van der Waals surface area (Å²) in [4.78, 5) is 33.6. The van der Waals surface area contributed by atoms with Crippen molar-refractivity contribution in [3.63, 3.8) is 0 Å². The van der Waals surface area contributed by atoms with E-state index in [2.05, 4.69) is 4.74 Å². The lowest BCUT2D eigenvalue weighted by atomic mass is 9.94. The number of aliphatic carboxylic acids is 1. The third-order valence-corrected chi connectivity index (χ3v) is 4.33. The first kappa shape index (κ1) is 16.8. The summed E-state index contributed by atoms with van der Waals surface area (Å²) in [5, 5.41) is 8.36. The van der Waals surface area contributed by atoms with Gasteiger partial charge in [-0.1, -0.05) is 0 Å². The first-order chi connectivity index (χ1) is 8.27. The third-order valence-electron chi connectivity index (χ3n) is 2.34. The van der Waals surface area contributed by atoms with E-state index in [0.717, 1.165) is 0 Å². The van der Waals surface area contributed by atoms with Crippen LogP contribution >= 0.6 is 0 Å². The van der Waals surface area contributed by atoms with E-state index in [4.69, 9.17) is 9.84 Å². The predicted octanol–water partition coefficient (Wildman–Crippen LogP) is 1.39. The Bertz CT molecular complexity index is 321. The number of hydrogen-bond donors (Lipinski definition) is 1. The number of carboxylic acid groups (broad SMARTS) is 1. The van der Waals surface area contributed by atoms with E-state index in [0.29, 0.717) is 11.5 Å². The number of hydrogen-bond acceptors (Lipinski definition) is 5. The van der Waals surface area contributed by atoms with E-state index in [1.165, 1.54) is 13.8 Å². The maximum absolute atomic E-state index is 11.5. The van der Waals surface area contributed by atoms with Gasteiger partial charge in [-0.25, -0.2) is 0 Å². The molecule has 0 saturated heterocycles. The lowest BCUT2D eigenvalue weighted by Gasteiger charge is -2.16. The Morgan fingerprint density at radius 3 is 2.00 bits per heavy atom. The van der Waals surface area contributed by atoms with Gasteiger partial charge < -0.3 is 14.6 Å². The van der Waals surface area contributed by atoms with E-state index >= 15 is 0 Å². The molecule has 6 nitrogen and oxygen atoms in total. The topological polar surface area (TPSA) is 89.9 Å². The van der Waals surface area contributed by atoms with Crippen LogP contribution < -0.4 is 0 Å². The molecule has 0 aliphatic heterocycles. The van der Waals surface area contributed by atoms with Crippen molar-refractivity contribution < 1.29 is 29.0 Å². The van der Waals surface area contributed by atoms with Gasteiger partial charge in [0.2, 0.25) is 6.79 Å². The Labute approximate surface area is 109 Å². The molecule has 0 aromatic heterocycles. The van der Waals surface area contributed by atoms with Gasteiger partial charge in [0.25, 0.3) is 0 Å². The number of ether oxygens (including phenoxy) is 2. The van der Waals surface area contributed by atoms with Gasteiger partial charge in [0.1, 0.15) is 22.4 Å². The molecule has 7 heteroatoms. The molecule has 0 aliphatic carbocycles. The average Bonchev–Trinajstić information content (AvgIpc) is 2.30. The molecule has 0 bridgehead atoms. The van der Waals surface area contributed by atoms with Gasteiger partial charge in [-0.05, 0) is 27.7 Å². The molecule has 18 heavy (non-hydrogen) atoms. The van der Waals surface area contributed by atoms with Gasteiger partial charge in [0, 0.05) is 0 Å². The molecule has 0 aromatic carbocycles. The molecular formula is C11H19O6S+. The molecule has 0 amide bonds. The molecular weight excluding hydrogens is 260 g/mol. The molecule has 104 valence electrons. The van der Waals surface area contributed by atoms with Crippen molar-refractivity contribution in [1.82, 2.24) is 0 Å². The maximum atomic E-state index is 11.5. The number of carboxylic acids is 1. The molecule has 0 rings (SSSR count). The highest BCUT2D eigenvalue weighted by molar-refractivity contribution is 8.10. The van der Waals surface area contributed by atoms with Crippen molar-refractivity contribution >= 4 is 28.1 Å². The number of rotatable bonds is 6. The second kappa shape index (κ2) is 7.25. The van der Waals surface area contributed by atoms with Crippen molar-refractivity contribution in [2.75, 3.05) is 18.3 Å². The largest absolute Gasteiger partial charge is 0.528 e. The summed E-state index contributed by atoms with van der Waals surface area (Å²) in [7, 11) is -0.497. The fourth-order valence-electron chi connectivity index (χ4n) is 0.922. The Balaban J connectivity index is 4.17. The normalized spacial score (nSPS) is 11.2. The molecule has 0 atom stereocenters. The minimum atomic E-state index is -1.65. The van der Waals surface area contributed by atoms with Gasteiger partial charge in [0.05, 0.1) is 0 Å². The molecule has 0 fully saturated rings. The van der Waals surface area contributed by atoms with Crippen LogP contribution in [0, 0.1) is 5.41 Å². The SMILES string of the molecule is CC[S+](CC)C(=O)OCOC(=O)C(C)(C)C(=O)O. The molecule has 0 aliphatic rings. The summed E-state index contributed by atoms with van der Waals surface area (Å²) in [5.74, 6) is -0.885. The van der Waals surface area contributed by atoms with Gasteiger partial charge in [0.15, 0.2) is 5.41 Å². The van der Waals surface area contributed by atoms with Crippen molar-refractivity contribution in [2.45, 2.75) is 27.7 Å². The molecule has 0 unspecified atom stereocenters. The predicted molar refractivity (Wildman–Crippen MR) is 67.3 cm³/mol. The summed E-state index contributed by atoms with van der Waals surface area (Å²) < 4.78 is 9.39. The molecule has 0 radical (unpaired) electrons. The quantitative estimate of drug-likeness (QED) is 0.342. The minimum absolute atomic E-state index is 0.416. The Hall–Kier alpha value is -1.24. The average molecular weight is 279 g/mol. The zero-order chi connectivity index (χ0) is 14.3. The highest BCUT2D eigenvalue weighted by Gasteiger charge is 2.38. The van der Waals surface area contributed by atoms with Crippen LogP contribution in [0.5, 0.6) is 0 Å². The Morgan fingerprint density at radius 2 is 1.61 bits per heavy atom. The fraction of sp³-hybridized carbons (Fsp3) is 0.727. The van der Waals surface area contributed by atoms with Crippen molar-refractivity contribution in [3.8, 4) is 0 Å². The zero-order valence-corrected chi connectivity index (χ0v) is 11.8.